The molecule has 0 saturated carbocycles. The lowest BCUT2D eigenvalue weighted by molar-refractivity contribution is -0.604. The summed E-state index contributed by atoms with van der Waals surface area (Å²) in [5.74, 6) is 0.272. The minimum absolute atomic E-state index is 0.122. The Bertz CT molecular complexity index is 1510. The number of hydrogen-bond acceptors (Lipinski definition) is 7. The quantitative estimate of drug-likeness (QED) is 0.282. The minimum Gasteiger partial charge on any atom is -0.619 e. The number of piperazine rings is 1. The fourth-order valence-electron chi connectivity index (χ4n) is 4.31. The fourth-order valence-corrected chi connectivity index (χ4v) is 4.31. The van der Waals surface area contributed by atoms with E-state index in [1.807, 2.05) is 50.4 Å². The monoisotopic (exact) mass is 523 g/mol. The number of amides is 2. The third kappa shape index (κ3) is 6.36. The number of anilines is 3. The van der Waals surface area contributed by atoms with Gasteiger partial charge in [0, 0.05) is 55.9 Å². The van der Waals surface area contributed by atoms with E-state index in [1.54, 1.807) is 35.4 Å². The van der Waals surface area contributed by atoms with Gasteiger partial charge in [-0.25, -0.2) is 9.97 Å². The summed E-state index contributed by atoms with van der Waals surface area (Å²) in [6.07, 6.45) is 4.49. The molecule has 1 aliphatic heterocycles. The third-order valence-electron chi connectivity index (χ3n) is 6.63. The van der Waals surface area contributed by atoms with Crippen LogP contribution in [0.25, 0.3) is 11.3 Å². The van der Waals surface area contributed by atoms with Gasteiger partial charge in [0.1, 0.15) is 0 Å². The van der Waals surface area contributed by atoms with Gasteiger partial charge in [-0.1, -0.05) is 18.2 Å². The normalized spacial score (nSPS) is 13.8. The number of carbonyl (C=O) groups excluding carboxylic acids is 2. The summed E-state index contributed by atoms with van der Waals surface area (Å²) < 4.78 is 0.726. The second kappa shape index (κ2) is 11.3. The molecule has 1 saturated heterocycles. The van der Waals surface area contributed by atoms with Crippen molar-refractivity contribution in [2.45, 2.75) is 13.5 Å². The van der Waals surface area contributed by atoms with Gasteiger partial charge in [-0.05, 0) is 54.4 Å². The van der Waals surface area contributed by atoms with E-state index in [4.69, 9.17) is 0 Å². The second-order valence-corrected chi connectivity index (χ2v) is 9.55. The molecule has 0 aliphatic carbocycles. The Hall–Kier alpha value is -4.83. The lowest BCUT2D eigenvalue weighted by Gasteiger charge is -2.31. The van der Waals surface area contributed by atoms with Gasteiger partial charge < -0.3 is 20.7 Å². The minimum atomic E-state index is -0.223. The average Bonchev–Trinajstić information content (AvgIpc) is 2.93. The summed E-state index contributed by atoms with van der Waals surface area (Å²) in [5, 5.41) is 17.8. The SMILES string of the molecule is Cc1ccc(NC(=O)c2ccc(CN3CCN(C)C(=O)C3)cc2)cc1Nc1nccc(-c2ccc[n+]([O-])c2)n1. The van der Waals surface area contributed by atoms with Crippen molar-refractivity contribution in [1.82, 2.24) is 19.8 Å². The number of rotatable bonds is 7. The average molecular weight is 524 g/mol. The number of likely N-dealkylation sites (N-methyl/N-ethyl adjacent to an activating group) is 1. The molecule has 2 N–H and O–H groups in total. The van der Waals surface area contributed by atoms with Crippen molar-refractivity contribution in [3.8, 4) is 11.3 Å². The number of pyridine rings is 1. The lowest BCUT2D eigenvalue weighted by atomic mass is 10.1. The number of aryl methyl sites for hydroxylation is 1. The molecule has 0 unspecified atom stereocenters. The zero-order valence-electron chi connectivity index (χ0n) is 21.8. The molecular weight excluding hydrogens is 494 g/mol. The molecule has 10 heteroatoms. The van der Waals surface area contributed by atoms with Crippen molar-refractivity contribution in [3.63, 3.8) is 0 Å². The first-order valence-electron chi connectivity index (χ1n) is 12.6. The largest absolute Gasteiger partial charge is 0.619 e. The molecule has 1 fully saturated rings. The Morgan fingerprint density at radius 3 is 2.69 bits per heavy atom. The Kier molecular flexibility index (Phi) is 7.46. The maximum atomic E-state index is 12.9. The number of benzene rings is 2. The molecule has 0 spiro atoms. The summed E-state index contributed by atoms with van der Waals surface area (Å²) in [5.41, 5.74) is 5.20. The number of nitrogens with zero attached hydrogens (tertiary/aromatic N) is 5. The van der Waals surface area contributed by atoms with E-state index in [1.165, 1.54) is 12.4 Å². The number of aromatic nitrogens is 3. The van der Waals surface area contributed by atoms with Gasteiger partial charge in [0.25, 0.3) is 5.91 Å². The number of carbonyl (C=O) groups is 2. The van der Waals surface area contributed by atoms with Gasteiger partial charge in [-0.15, -0.1) is 0 Å². The van der Waals surface area contributed by atoms with Crippen molar-refractivity contribution in [2.24, 2.45) is 0 Å². The Morgan fingerprint density at radius 2 is 1.92 bits per heavy atom. The topological polar surface area (TPSA) is 117 Å². The molecule has 0 bridgehead atoms. The van der Waals surface area contributed by atoms with Crippen LogP contribution in [-0.2, 0) is 11.3 Å². The number of hydrogen-bond donors (Lipinski definition) is 2. The molecule has 0 radical (unpaired) electrons. The molecule has 1 aliphatic rings. The summed E-state index contributed by atoms with van der Waals surface area (Å²) in [7, 11) is 1.82. The van der Waals surface area contributed by atoms with Gasteiger partial charge in [0.15, 0.2) is 12.4 Å². The van der Waals surface area contributed by atoms with E-state index < -0.39 is 0 Å². The molecule has 39 heavy (non-hydrogen) atoms. The highest BCUT2D eigenvalue weighted by molar-refractivity contribution is 6.04. The van der Waals surface area contributed by atoms with Gasteiger partial charge in [-0.3, -0.25) is 14.5 Å². The van der Waals surface area contributed by atoms with Crippen LogP contribution in [0.5, 0.6) is 0 Å². The van der Waals surface area contributed by atoms with E-state index >= 15 is 0 Å². The van der Waals surface area contributed by atoms with Crippen LogP contribution in [0.15, 0.2) is 79.3 Å². The van der Waals surface area contributed by atoms with E-state index in [-0.39, 0.29) is 11.8 Å². The maximum absolute atomic E-state index is 12.9. The van der Waals surface area contributed by atoms with Gasteiger partial charge in [0.2, 0.25) is 11.9 Å². The van der Waals surface area contributed by atoms with Crippen LogP contribution in [0.2, 0.25) is 0 Å². The fraction of sp³-hybridized carbons (Fsp3) is 0.207. The highest BCUT2D eigenvalue weighted by Crippen LogP contribution is 2.24. The van der Waals surface area contributed by atoms with Crippen LogP contribution < -0.4 is 15.4 Å². The first kappa shape index (κ1) is 25.8. The third-order valence-corrected chi connectivity index (χ3v) is 6.63. The molecule has 198 valence electrons. The molecule has 2 amide bonds. The van der Waals surface area contributed by atoms with Gasteiger partial charge >= 0.3 is 0 Å². The Morgan fingerprint density at radius 1 is 1.10 bits per heavy atom. The van der Waals surface area contributed by atoms with Gasteiger partial charge in [-0.2, -0.15) is 4.73 Å². The van der Waals surface area contributed by atoms with E-state index in [2.05, 4.69) is 25.5 Å². The Balaban J connectivity index is 1.24. The van der Waals surface area contributed by atoms with Crippen molar-refractivity contribution in [3.05, 3.63) is 101 Å². The molecule has 3 heterocycles. The molecule has 2 aromatic heterocycles. The zero-order valence-corrected chi connectivity index (χ0v) is 21.8. The van der Waals surface area contributed by atoms with Crippen molar-refractivity contribution >= 4 is 29.1 Å². The first-order chi connectivity index (χ1) is 18.8. The van der Waals surface area contributed by atoms with E-state index in [0.29, 0.717) is 41.5 Å². The molecule has 4 aromatic rings. The summed E-state index contributed by atoms with van der Waals surface area (Å²) in [4.78, 5) is 37.6. The van der Waals surface area contributed by atoms with Crippen molar-refractivity contribution < 1.29 is 14.3 Å². The second-order valence-electron chi connectivity index (χ2n) is 9.55. The van der Waals surface area contributed by atoms with Crippen LogP contribution in [0.4, 0.5) is 17.3 Å². The molecule has 10 nitrogen and oxygen atoms in total. The van der Waals surface area contributed by atoms with Crippen LogP contribution in [0, 0.1) is 12.1 Å². The first-order valence-corrected chi connectivity index (χ1v) is 12.6. The predicted molar refractivity (Wildman–Crippen MR) is 148 cm³/mol. The van der Waals surface area contributed by atoms with Crippen LogP contribution in [0.1, 0.15) is 21.5 Å². The number of nitrogens with one attached hydrogen (secondary N) is 2. The van der Waals surface area contributed by atoms with Crippen molar-refractivity contribution in [1.29, 1.82) is 0 Å². The maximum Gasteiger partial charge on any atom is 0.255 e. The smallest absolute Gasteiger partial charge is 0.255 e. The molecular formula is C29H29N7O3. The van der Waals surface area contributed by atoms with E-state index in [9.17, 15) is 14.8 Å². The molecule has 0 atom stereocenters. The lowest BCUT2D eigenvalue weighted by Crippen LogP contribution is -2.47. The van der Waals surface area contributed by atoms with Gasteiger partial charge in [0.05, 0.1) is 17.8 Å². The zero-order chi connectivity index (χ0) is 27.4. The highest BCUT2D eigenvalue weighted by Gasteiger charge is 2.21. The summed E-state index contributed by atoms with van der Waals surface area (Å²) >= 11 is 0. The summed E-state index contributed by atoms with van der Waals surface area (Å²) in [6, 6.07) is 18.2. The van der Waals surface area contributed by atoms with Crippen LogP contribution >= 0.6 is 0 Å². The molecule has 5 rings (SSSR count). The van der Waals surface area contributed by atoms with E-state index in [0.717, 1.165) is 34.6 Å². The standard InChI is InChI=1S/C29H29N7O3/c1-20-5-10-24(16-26(20)33-29-30-12-11-25(32-29)23-4-3-13-36(39)18-23)31-28(38)22-8-6-21(7-9-22)17-35-15-14-34(2)27(37)19-35/h3-13,16,18H,14-15,17,19H2,1-2H3,(H,31,38)(H,30,32,33). The Labute approximate surface area is 226 Å². The summed E-state index contributed by atoms with van der Waals surface area (Å²) in [6.45, 7) is 4.57. The predicted octanol–water partition coefficient (Wildman–Crippen LogP) is 3.36. The molecule has 2 aromatic carbocycles. The highest BCUT2D eigenvalue weighted by atomic mass is 16.5. The van der Waals surface area contributed by atoms with Crippen molar-refractivity contribution in [2.75, 3.05) is 37.3 Å². The van der Waals surface area contributed by atoms with Crippen LogP contribution in [-0.4, -0.2) is 58.3 Å². The van der Waals surface area contributed by atoms with Crippen LogP contribution in [0.3, 0.4) is 0 Å².